The first-order chi connectivity index (χ1) is 20.0. The Kier molecular flexibility index (Phi) is 19.9. The summed E-state index contributed by atoms with van der Waals surface area (Å²) in [4.78, 5) is 12.6. The van der Waals surface area contributed by atoms with Crippen LogP contribution in [0.4, 0.5) is 0 Å². The van der Waals surface area contributed by atoms with Gasteiger partial charge in [-0.25, -0.2) is 0 Å². The third kappa shape index (κ3) is 13.0. The van der Waals surface area contributed by atoms with Crippen LogP contribution in [0.15, 0.2) is 88.7 Å². The monoisotopic (exact) mass is 585 g/mol. The molecule has 2 heterocycles. The summed E-state index contributed by atoms with van der Waals surface area (Å²) < 4.78 is 0. The smallest absolute Gasteiger partial charge is 0.128 e. The van der Waals surface area contributed by atoms with E-state index in [9.17, 15) is 5.11 Å². The number of allylic oxidation sites excluding steroid dienone is 8. The number of aliphatic hydroxyl groups excluding tert-OH is 1. The summed E-state index contributed by atoms with van der Waals surface area (Å²) in [6, 6.07) is 0.669. The summed E-state index contributed by atoms with van der Waals surface area (Å²) in [6.07, 6.45) is 22.8. The van der Waals surface area contributed by atoms with Crippen molar-refractivity contribution in [1.82, 2.24) is 20.0 Å². The highest BCUT2D eigenvalue weighted by molar-refractivity contribution is 6.18. The fourth-order valence-electron chi connectivity index (χ4n) is 4.95. The fraction of sp³-hybridized carbons (Fsp3) is 0.559. The first-order valence-corrected chi connectivity index (χ1v) is 15.9. The number of piperazine rings is 1. The van der Waals surface area contributed by atoms with Crippen LogP contribution in [0, 0.1) is 0 Å². The maximum absolute atomic E-state index is 9.33. The summed E-state index contributed by atoms with van der Waals surface area (Å²) >= 11 is 6.01. The van der Waals surface area contributed by atoms with Gasteiger partial charge in [0.05, 0.1) is 18.8 Å². The molecule has 2 atom stereocenters. The number of hydrogen-bond acceptors (Lipinski definition) is 5. The first kappa shape index (κ1) is 36.6. The number of amidine groups is 1. The van der Waals surface area contributed by atoms with E-state index in [0.29, 0.717) is 11.9 Å². The van der Waals surface area contributed by atoms with Crippen molar-refractivity contribution in [3.63, 3.8) is 0 Å². The Labute approximate surface area is 256 Å². The lowest BCUT2D eigenvalue weighted by Gasteiger charge is -2.40. The van der Waals surface area contributed by atoms with Crippen molar-refractivity contribution in [2.75, 3.05) is 65.3 Å². The highest BCUT2D eigenvalue weighted by atomic mass is 35.5. The molecular formula is C34H56ClN5O. The van der Waals surface area contributed by atoms with Gasteiger partial charge in [0.1, 0.15) is 5.84 Å². The Morgan fingerprint density at radius 3 is 2.29 bits per heavy atom. The summed E-state index contributed by atoms with van der Waals surface area (Å²) in [5.41, 5.74) is 3.64. The van der Waals surface area contributed by atoms with Gasteiger partial charge in [-0.3, -0.25) is 14.8 Å². The number of nitrogens with one attached hydrogen (secondary N) is 1. The van der Waals surface area contributed by atoms with E-state index in [1.807, 2.05) is 46.9 Å². The van der Waals surface area contributed by atoms with Gasteiger partial charge in [-0.1, -0.05) is 75.5 Å². The number of nitrogens with zero attached hydrogens (tertiary/aromatic N) is 4. The molecule has 7 heteroatoms. The molecule has 6 nitrogen and oxygen atoms in total. The van der Waals surface area contributed by atoms with E-state index in [0.717, 1.165) is 76.4 Å². The summed E-state index contributed by atoms with van der Waals surface area (Å²) in [5.74, 6) is 1.62. The molecule has 230 valence electrons. The van der Waals surface area contributed by atoms with Gasteiger partial charge in [0, 0.05) is 63.3 Å². The zero-order valence-corrected chi connectivity index (χ0v) is 27.4. The molecule has 2 rings (SSSR count). The third-order valence-electron chi connectivity index (χ3n) is 6.93. The standard InChI is InChI=1S/C32H50ClN5O.C2H6/c1-6-9-14-30(25-34-5)32(38-26-27(38)4)35-18-19-36-20-22-37(23-21-36)31(28(12-7-2)15-10-17-33)29(13-8-3)16-11-24-39;1-2/h6,8-16,24,27,31,34,39H,7,17-23,25-26H2,1-5H3;1-2H3/b9-6-,13-8-,15-10-,24-11+,28-12+,29-16+,30-14+,35-32?;. The van der Waals surface area contributed by atoms with Crippen LogP contribution < -0.4 is 5.32 Å². The van der Waals surface area contributed by atoms with Crippen molar-refractivity contribution < 1.29 is 5.11 Å². The van der Waals surface area contributed by atoms with E-state index in [4.69, 9.17) is 16.6 Å². The van der Waals surface area contributed by atoms with E-state index >= 15 is 0 Å². The first-order valence-electron chi connectivity index (χ1n) is 15.3. The molecule has 0 amide bonds. The number of rotatable bonds is 15. The van der Waals surface area contributed by atoms with Gasteiger partial charge < -0.3 is 15.3 Å². The highest BCUT2D eigenvalue weighted by Crippen LogP contribution is 2.25. The number of halogens is 1. The predicted molar refractivity (Wildman–Crippen MR) is 181 cm³/mol. The second kappa shape index (κ2) is 22.2. The zero-order chi connectivity index (χ0) is 30.5. The predicted octanol–water partition coefficient (Wildman–Crippen LogP) is 6.53. The van der Waals surface area contributed by atoms with Crippen molar-refractivity contribution in [3.05, 3.63) is 83.7 Å². The fourth-order valence-corrected chi connectivity index (χ4v) is 5.04. The Hall–Kier alpha value is -2.38. The van der Waals surface area contributed by atoms with Gasteiger partial charge in [-0.2, -0.15) is 0 Å². The van der Waals surface area contributed by atoms with Crippen molar-refractivity contribution in [2.24, 2.45) is 4.99 Å². The average molecular weight is 586 g/mol. The largest absolute Gasteiger partial charge is 0.516 e. The van der Waals surface area contributed by atoms with Crippen molar-refractivity contribution in [3.8, 4) is 0 Å². The maximum atomic E-state index is 9.33. The van der Waals surface area contributed by atoms with Crippen molar-refractivity contribution in [1.29, 1.82) is 0 Å². The lowest BCUT2D eigenvalue weighted by molar-refractivity contribution is 0.123. The van der Waals surface area contributed by atoms with E-state index < -0.39 is 0 Å². The van der Waals surface area contributed by atoms with Gasteiger partial charge in [-0.15, -0.1) is 11.6 Å². The third-order valence-corrected chi connectivity index (χ3v) is 7.11. The molecule has 0 spiro atoms. The quantitative estimate of drug-likeness (QED) is 0.0571. The topological polar surface area (TPSA) is 54.1 Å². The Morgan fingerprint density at radius 2 is 1.76 bits per heavy atom. The van der Waals surface area contributed by atoms with Crippen LogP contribution in [0.1, 0.15) is 48.0 Å². The Bertz CT molecular complexity index is 968. The summed E-state index contributed by atoms with van der Waals surface area (Å²) in [5, 5.41) is 12.6. The van der Waals surface area contributed by atoms with Crippen LogP contribution in [0.2, 0.25) is 0 Å². The average Bonchev–Trinajstić information content (AvgIpc) is 3.72. The van der Waals surface area contributed by atoms with Gasteiger partial charge in [-0.05, 0) is 51.5 Å². The molecule has 0 radical (unpaired) electrons. The minimum atomic E-state index is 0.105. The van der Waals surface area contributed by atoms with E-state index in [1.165, 1.54) is 11.1 Å². The van der Waals surface area contributed by atoms with Crippen molar-refractivity contribution in [2.45, 2.75) is 60.0 Å². The Balaban J connectivity index is 0.00000411. The highest BCUT2D eigenvalue weighted by Gasteiger charge is 2.33. The minimum Gasteiger partial charge on any atom is -0.516 e. The van der Waals surface area contributed by atoms with Crippen LogP contribution in [0.25, 0.3) is 0 Å². The molecule has 2 unspecified atom stereocenters. The van der Waals surface area contributed by atoms with Gasteiger partial charge >= 0.3 is 0 Å². The summed E-state index contributed by atoms with van der Waals surface area (Å²) in [7, 11) is 1.99. The SMILES string of the molecule is C/C=C\C=C(/CNC)C(=NCCN1CCN(C(C(/C=C\C)=C/C=C/O)C(/C=C\CCl)=C/CC)CC1)N1CC1C.CC. The number of likely N-dealkylation sites (N-methyl/N-ethyl adjacent to an activating group) is 1. The molecule has 0 aromatic heterocycles. The molecule has 2 N–H and O–H groups in total. The summed E-state index contributed by atoms with van der Waals surface area (Å²) in [6.45, 7) is 20.1. The molecule has 2 aliphatic heterocycles. The molecule has 2 aliphatic rings. The van der Waals surface area contributed by atoms with Gasteiger partial charge in [0.25, 0.3) is 0 Å². The second-order valence-electron chi connectivity index (χ2n) is 9.91. The van der Waals surface area contributed by atoms with Crippen LogP contribution in [0.3, 0.4) is 0 Å². The van der Waals surface area contributed by atoms with E-state index in [-0.39, 0.29) is 6.04 Å². The number of alkyl halides is 1. The van der Waals surface area contributed by atoms with Gasteiger partial charge in [0.2, 0.25) is 0 Å². The lowest BCUT2D eigenvalue weighted by Crippen LogP contribution is -2.51. The van der Waals surface area contributed by atoms with Gasteiger partial charge in [0.15, 0.2) is 0 Å². The van der Waals surface area contributed by atoms with Crippen molar-refractivity contribution >= 4 is 17.4 Å². The molecule has 0 aliphatic carbocycles. The normalized spacial score (nSPS) is 21.0. The molecule has 41 heavy (non-hydrogen) atoms. The number of aliphatic imine (C=N–C) groups is 1. The van der Waals surface area contributed by atoms with Crippen LogP contribution in [0.5, 0.6) is 0 Å². The van der Waals surface area contributed by atoms with Crippen LogP contribution in [-0.4, -0.2) is 103 Å². The molecule has 0 aromatic rings. The number of hydrogen-bond donors (Lipinski definition) is 2. The minimum absolute atomic E-state index is 0.105. The molecule has 2 fully saturated rings. The van der Waals surface area contributed by atoms with E-state index in [2.05, 4.69) is 76.4 Å². The molecule has 0 bridgehead atoms. The van der Waals surface area contributed by atoms with Crippen LogP contribution in [-0.2, 0) is 0 Å². The van der Waals surface area contributed by atoms with E-state index in [1.54, 1.807) is 6.08 Å². The second-order valence-corrected chi connectivity index (χ2v) is 10.2. The zero-order valence-electron chi connectivity index (χ0n) is 26.7. The molecule has 2 saturated heterocycles. The number of aliphatic hydroxyl groups is 1. The molecular weight excluding hydrogens is 530 g/mol. The maximum Gasteiger partial charge on any atom is 0.128 e. The molecule has 0 aromatic carbocycles. The Morgan fingerprint density at radius 1 is 1.05 bits per heavy atom. The molecule has 0 saturated carbocycles. The van der Waals surface area contributed by atoms with Crippen LogP contribution >= 0.6 is 11.6 Å². The lowest BCUT2D eigenvalue weighted by atomic mass is 9.93.